The van der Waals surface area contributed by atoms with E-state index in [1.807, 2.05) is 56.0 Å². The van der Waals surface area contributed by atoms with E-state index < -0.39 is 11.5 Å². The fourth-order valence-electron chi connectivity index (χ4n) is 6.87. The molecule has 2 saturated heterocycles. The fourth-order valence-corrected chi connectivity index (χ4v) is 6.87. The van der Waals surface area contributed by atoms with Gasteiger partial charge >= 0.3 is 0 Å². The van der Waals surface area contributed by atoms with E-state index in [2.05, 4.69) is 36.0 Å². The first-order valence-corrected chi connectivity index (χ1v) is 14.3. The Morgan fingerprint density at radius 1 is 0.921 bits per heavy atom. The average Bonchev–Trinajstić information content (AvgIpc) is 3.59. The minimum atomic E-state index is -0.655. The fraction of sp³-hybridized carbons (Fsp3) is 0.645. The molecule has 1 saturated carbocycles. The Labute approximate surface area is 226 Å². The van der Waals surface area contributed by atoms with Crippen molar-refractivity contribution in [2.75, 3.05) is 13.1 Å². The lowest BCUT2D eigenvalue weighted by Gasteiger charge is -2.41. The number of hydrogen-bond acceptors (Lipinski definition) is 3. The maximum absolute atomic E-state index is 13.8. The summed E-state index contributed by atoms with van der Waals surface area (Å²) in [6.45, 7) is 14.0. The molecule has 5 rings (SSSR count). The number of benzene rings is 1. The van der Waals surface area contributed by atoms with E-state index in [0.717, 1.165) is 43.0 Å². The number of fused-ring (bicyclic) bond motifs is 3. The first-order chi connectivity index (χ1) is 17.8. The first kappa shape index (κ1) is 26.8. The van der Waals surface area contributed by atoms with Gasteiger partial charge in [-0.05, 0) is 61.0 Å². The first-order valence-electron chi connectivity index (χ1n) is 14.3. The van der Waals surface area contributed by atoms with Crippen LogP contribution in [0, 0.1) is 22.7 Å². The summed E-state index contributed by atoms with van der Waals surface area (Å²) in [5, 5.41) is 3.99. The van der Waals surface area contributed by atoms with Crippen molar-refractivity contribution in [3.8, 4) is 0 Å². The molecule has 1 aliphatic carbocycles. The number of carbonyl (C=O) groups is 3. The van der Waals surface area contributed by atoms with Crippen molar-refractivity contribution < 1.29 is 14.4 Å². The SMILES string of the molecule is CC(C)(C)C(NC(=O)c1cc2ccccc2[nH]1)C(=O)N1C[C@@H]2C[C@H]1CN2C(=O)[C@H]1CC[C@@H](C(C)(C)C)CC1. The average molecular weight is 521 g/mol. The van der Waals surface area contributed by atoms with Crippen molar-refractivity contribution in [2.45, 2.75) is 91.8 Å². The smallest absolute Gasteiger partial charge is 0.268 e. The third-order valence-corrected chi connectivity index (χ3v) is 9.27. The van der Waals surface area contributed by atoms with Crippen LogP contribution in [0.3, 0.4) is 0 Å². The molecule has 3 fully saturated rings. The summed E-state index contributed by atoms with van der Waals surface area (Å²) in [5.74, 6) is 0.767. The number of H-pyrrole nitrogens is 1. The van der Waals surface area contributed by atoms with E-state index in [4.69, 9.17) is 0 Å². The third-order valence-electron chi connectivity index (χ3n) is 9.27. The number of aromatic nitrogens is 1. The van der Waals surface area contributed by atoms with Crippen LogP contribution in [0.1, 0.15) is 84.1 Å². The standard InChI is InChI=1S/C31H44N4O3/c1-30(2,3)21-13-11-19(12-14-21)28(37)34-17-23-16-22(34)18-35(23)29(38)26(31(4,5)6)33-27(36)25-15-20-9-7-8-10-24(20)32-25/h7-10,15,19,21-23,26,32H,11-14,16-18H2,1-6H3,(H,33,36)/t19-,21+,22-,23-,26?/m0/s1. The Bertz CT molecular complexity index is 1180. The number of para-hydroxylation sites is 1. The number of piperazine rings is 1. The lowest BCUT2D eigenvalue weighted by molar-refractivity contribution is -0.145. The van der Waals surface area contributed by atoms with Crippen LogP contribution in [-0.4, -0.2) is 63.7 Å². The highest BCUT2D eigenvalue weighted by Gasteiger charge is 2.50. The quantitative estimate of drug-likeness (QED) is 0.597. The molecule has 0 spiro atoms. The number of rotatable bonds is 4. The van der Waals surface area contributed by atoms with Crippen molar-refractivity contribution in [1.82, 2.24) is 20.1 Å². The van der Waals surface area contributed by atoms with Crippen LogP contribution in [0.2, 0.25) is 0 Å². The van der Waals surface area contributed by atoms with E-state index in [1.54, 1.807) is 0 Å². The van der Waals surface area contributed by atoms with Gasteiger partial charge in [-0.25, -0.2) is 0 Å². The normalized spacial score (nSPS) is 26.6. The van der Waals surface area contributed by atoms with Gasteiger partial charge in [0.1, 0.15) is 11.7 Å². The van der Waals surface area contributed by atoms with Gasteiger partial charge in [0.05, 0.1) is 12.1 Å². The molecule has 38 heavy (non-hydrogen) atoms. The van der Waals surface area contributed by atoms with Gasteiger partial charge < -0.3 is 20.1 Å². The van der Waals surface area contributed by atoms with Crippen molar-refractivity contribution in [3.63, 3.8) is 0 Å². The van der Waals surface area contributed by atoms with E-state index in [9.17, 15) is 14.4 Å². The molecule has 206 valence electrons. The molecule has 3 atom stereocenters. The Kier molecular flexibility index (Phi) is 6.85. The highest BCUT2D eigenvalue weighted by Crippen LogP contribution is 2.42. The van der Waals surface area contributed by atoms with Crippen molar-refractivity contribution in [3.05, 3.63) is 36.0 Å². The van der Waals surface area contributed by atoms with Crippen molar-refractivity contribution in [2.24, 2.45) is 22.7 Å². The van der Waals surface area contributed by atoms with E-state index >= 15 is 0 Å². The van der Waals surface area contributed by atoms with Gasteiger partial charge in [-0.2, -0.15) is 0 Å². The van der Waals surface area contributed by atoms with Gasteiger partial charge in [0, 0.05) is 29.9 Å². The maximum Gasteiger partial charge on any atom is 0.268 e. The number of carbonyl (C=O) groups excluding carboxylic acids is 3. The molecule has 3 aliphatic rings. The number of amides is 3. The Morgan fingerprint density at radius 2 is 1.55 bits per heavy atom. The summed E-state index contributed by atoms with van der Waals surface area (Å²) >= 11 is 0. The number of aromatic amines is 1. The molecule has 7 heteroatoms. The summed E-state index contributed by atoms with van der Waals surface area (Å²) < 4.78 is 0. The van der Waals surface area contributed by atoms with Crippen LogP contribution in [0.4, 0.5) is 0 Å². The number of hydrogen-bond donors (Lipinski definition) is 2. The van der Waals surface area contributed by atoms with Gasteiger partial charge in [0.25, 0.3) is 5.91 Å². The Morgan fingerprint density at radius 3 is 2.13 bits per heavy atom. The molecule has 3 heterocycles. The lowest BCUT2D eigenvalue weighted by atomic mass is 9.69. The molecular formula is C31H44N4O3. The minimum Gasteiger partial charge on any atom is -0.351 e. The summed E-state index contributed by atoms with van der Waals surface area (Å²) in [4.78, 5) is 47.6. The topological polar surface area (TPSA) is 85.5 Å². The predicted octanol–water partition coefficient (Wildman–Crippen LogP) is 4.98. The van der Waals surface area contributed by atoms with Crippen LogP contribution in [0.5, 0.6) is 0 Å². The molecule has 0 radical (unpaired) electrons. The molecule has 1 aromatic carbocycles. The van der Waals surface area contributed by atoms with E-state index in [-0.39, 0.29) is 35.7 Å². The van der Waals surface area contributed by atoms with Gasteiger partial charge in [0.15, 0.2) is 0 Å². The Hall–Kier alpha value is -2.83. The van der Waals surface area contributed by atoms with Gasteiger partial charge in [-0.1, -0.05) is 59.7 Å². The lowest BCUT2D eigenvalue weighted by Crippen LogP contribution is -2.59. The van der Waals surface area contributed by atoms with Crippen LogP contribution in [0.25, 0.3) is 10.9 Å². The zero-order valence-electron chi connectivity index (χ0n) is 23.8. The Balaban J connectivity index is 1.22. The van der Waals surface area contributed by atoms with Gasteiger partial charge in [-0.3, -0.25) is 14.4 Å². The maximum atomic E-state index is 13.8. The molecule has 2 aromatic rings. The molecule has 2 bridgehead atoms. The molecule has 7 nitrogen and oxygen atoms in total. The molecule has 2 aliphatic heterocycles. The van der Waals surface area contributed by atoms with Crippen LogP contribution < -0.4 is 5.32 Å². The van der Waals surface area contributed by atoms with Crippen LogP contribution >= 0.6 is 0 Å². The summed E-state index contributed by atoms with van der Waals surface area (Å²) in [6, 6.07) is 9.03. The molecular weight excluding hydrogens is 476 g/mol. The number of nitrogens with zero attached hydrogens (tertiary/aromatic N) is 2. The summed E-state index contributed by atoms with van der Waals surface area (Å²) in [6.07, 6.45) is 5.03. The second-order valence-corrected chi connectivity index (χ2v) is 14.0. The minimum absolute atomic E-state index is 0.0252. The molecule has 3 amide bonds. The molecule has 2 N–H and O–H groups in total. The van der Waals surface area contributed by atoms with Crippen molar-refractivity contribution in [1.29, 1.82) is 0 Å². The predicted molar refractivity (Wildman–Crippen MR) is 150 cm³/mol. The summed E-state index contributed by atoms with van der Waals surface area (Å²) in [7, 11) is 0. The monoisotopic (exact) mass is 520 g/mol. The summed E-state index contributed by atoms with van der Waals surface area (Å²) in [5.41, 5.74) is 1.19. The molecule has 1 unspecified atom stereocenters. The van der Waals surface area contributed by atoms with E-state index in [1.165, 1.54) is 0 Å². The zero-order valence-corrected chi connectivity index (χ0v) is 23.8. The van der Waals surface area contributed by atoms with Crippen LogP contribution in [-0.2, 0) is 9.59 Å². The van der Waals surface area contributed by atoms with Gasteiger partial charge in [-0.15, -0.1) is 0 Å². The number of likely N-dealkylation sites (tertiary alicyclic amines) is 2. The van der Waals surface area contributed by atoms with Gasteiger partial charge in [0.2, 0.25) is 11.8 Å². The highest BCUT2D eigenvalue weighted by molar-refractivity contribution is 6.00. The third kappa shape index (κ3) is 5.08. The van der Waals surface area contributed by atoms with E-state index in [0.29, 0.717) is 30.1 Å². The van der Waals surface area contributed by atoms with Crippen LogP contribution in [0.15, 0.2) is 30.3 Å². The second-order valence-electron chi connectivity index (χ2n) is 14.0. The highest BCUT2D eigenvalue weighted by atomic mass is 16.2. The number of nitrogens with one attached hydrogen (secondary N) is 2. The molecule has 1 aromatic heterocycles. The largest absolute Gasteiger partial charge is 0.351 e. The van der Waals surface area contributed by atoms with Crippen molar-refractivity contribution >= 4 is 28.6 Å². The zero-order chi connectivity index (χ0) is 27.4. The second kappa shape index (κ2) is 9.73.